The van der Waals surface area contributed by atoms with E-state index in [9.17, 15) is 0 Å². The molecule has 0 unspecified atom stereocenters. The summed E-state index contributed by atoms with van der Waals surface area (Å²) in [5.41, 5.74) is 9.93. The molecule has 90 valence electrons. The fraction of sp³-hybridized carbons (Fsp3) is 0.0714. The van der Waals surface area contributed by atoms with Gasteiger partial charge in [-0.15, -0.1) is 0 Å². The van der Waals surface area contributed by atoms with E-state index < -0.39 is 0 Å². The van der Waals surface area contributed by atoms with E-state index in [0.717, 1.165) is 27.1 Å². The van der Waals surface area contributed by atoms with E-state index in [2.05, 4.69) is 41.9 Å². The number of aromatic nitrogens is 1. The minimum absolute atomic E-state index is 0.611. The van der Waals surface area contributed by atoms with E-state index in [-0.39, 0.29) is 0 Å². The maximum absolute atomic E-state index is 5.72. The fourth-order valence-electron chi connectivity index (χ4n) is 1.92. The van der Waals surface area contributed by atoms with Gasteiger partial charge < -0.3 is 10.6 Å². The molecule has 0 saturated heterocycles. The fourth-order valence-corrected chi connectivity index (χ4v) is 2.64. The summed E-state index contributed by atoms with van der Waals surface area (Å²) in [5, 5.41) is 0.611. The quantitative estimate of drug-likeness (QED) is 0.850. The van der Waals surface area contributed by atoms with Crippen LogP contribution in [0.4, 0.5) is 5.13 Å². The van der Waals surface area contributed by atoms with Crippen molar-refractivity contribution in [3.05, 3.63) is 54.4 Å². The number of anilines is 1. The Hall–Kier alpha value is -2.07. The first-order valence-electron chi connectivity index (χ1n) is 5.61. The van der Waals surface area contributed by atoms with E-state index in [4.69, 9.17) is 5.73 Å². The van der Waals surface area contributed by atoms with Gasteiger partial charge >= 0.3 is 0 Å². The Morgan fingerprint density at radius 3 is 3.00 bits per heavy atom. The molecule has 0 fully saturated rings. The largest absolute Gasteiger partial charge is 0.375 e. The van der Waals surface area contributed by atoms with Crippen LogP contribution in [0.2, 0.25) is 0 Å². The number of nitrogens with two attached hydrogens (primary N) is 1. The molecule has 1 aromatic heterocycles. The van der Waals surface area contributed by atoms with Gasteiger partial charge in [0.25, 0.3) is 0 Å². The minimum atomic E-state index is 0.611. The highest BCUT2D eigenvalue weighted by Gasteiger charge is 2.08. The van der Waals surface area contributed by atoms with E-state index in [1.54, 1.807) is 0 Å². The summed E-state index contributed by atoms with van der Waals surface area (Å²) in [7, 11) is 1.98. The monoisotopic (exact) mass is 255 g/mol. The summed E-state index contributed by atoms with van der Waals surface area (Å²) in [6.07, 6.45) is 6.15. The van der Waals surface area contributed by atoms with Crippen LogP contribution >= 0.6 is 11.3 Å². The van der Waals surface area contributed by atoms with E-state index in [1.165, 1.54) is 11.3 Å². The SMILES string of the molecule is C=C1C=C(c2ccc3sc(N)nc3c2)C=CN1C. The number of fused-ring (bicyclic) bond motifs is 1. The van der Waals surface area contributed by atoms with Crippen LogP contribution in [0.1, 0.15) is 5.56 Å². The molecule has 0 saturated carbocycles. The van der Waals surface area contributed by atoms with Crippen LogP contribution in [0, 0.1) is 0 Å². The van der Waals surface area contributed by atoms with Crippen LogP contribution in [-0.2, 0) is 0 Å². The summed E-state index contributed by atoms with van der Waals surface area (Å²) >= 11 is 1.51. The van der Waals surface area contributed by atoms with Gasteiger partial charge in [0.15, 0.2) is 5.13 Å². The third-order valence-electron chi connectivity index (χ3n) is 2.99. The molecule has 18 heavy (non-hydrogen) atoms. The Morgan fingerprint density at radius 1 is 1.39 bits per heavy atom. The molecule has 0 bridgehead atoms. The third kappa shape index (κ3) is 1.80. The number of likely N-dealkylation sites (N-methyl/N-ethyl adjacent to an activating group) is 1. The second kappa shape index (κ2) is 3.99. The Morgan fingerprint density at radius 2 is 2.22 bits per heavy atom. The van der Waals surface area contributed by atoms with Crippen molar-refractivity contribution < 1.29 is 0 Å². The molecule has 3 nitrogen and oxygen atoms in total. The molecule has 0 spiro atoms. The van der Waals surface area contributed by atoms with Gasteiger partial charge in [0.05, 0.1) is 10.2 Å². The van der Waals surface area contributed by atoms with Crippen LogP contribution < -0.4 is 5.73 Å². The number of nitrogens with zero attached hydrogens (tertiary/aromatic N) is 2. The number of allylic oxidation sites excluding steroid dienone is 3. The predicted octanol–water partition coefficient (Wildman–Crippen LogP) is 3.23. The van der Waals surface area contributed by atoms with Crippen molar-refractivity contribution in [2.45, 2.75) is 0 Å². The molecule has 0 aliphatic carbocycles. The lowest BCUT2D eigenvalue weighted by Crippen LogP contribution is -2.10. The Kier molecular flexibility index (Phi) is 2.45. The molecule has 1 aliphatic heterocycles. The van der Waals surface area contributed by atoms with Crippen LogP contribution in [-0.4, -0.2) is 16.9 Å². The lowest BCUT2D eigenvalue weighted by molar-refractivity contribution is 0.588. The van der Waals surface area contributed by atoms with Crippen molar-refractivity contribution >= 4 is 32.3 Å². The molecule has 1 aromatic carbocycles. The van der Waals surface area contributed by atoms with E-state index in [1.807, 2.05) is 18.1 Å². The van der Waals surface area contributed by atoms with Crippen LogP contribution in [0.5, 0.6) is 0 Å². The van der Waals surface area contributed by atoms with Gasteiger partial charge in [-0.1, -0.05) is 24.0 Å². The molecule has 2 aromatic rings. The second-order valence-corrected chi connectivity index (χ2v) is 5.31. The van der Waals surface area contributed by atoms with Crippen molar-refractivity contribution in [3.63, 3.8) is 0 Å². The first-order chi connectivity index (χ1) is 8.63. The average Bonchev–Trinajstić information content (AvgIpc) is 2.71. The van der Waals surface area contributed by atoms with Crippen molar-refractivity contribution in [1.82, 2.24) is 9.88 Å². The predicted molar refractivity (Wildman–Crippen MR) is 78.1 cm³/mol. The summed E-state index contributed by atoms with van der Waals surface area (Å²) in [6.45, 7) is 4.00. The molecule has 4 heteroatoms. The van der Waals surface area contributed by atoms with Crippen molar-refractivity contribution in [2.24, 2.45) is 0 Å². The Labute approximate surface area is 110 Å². The summed E-state index contributed by atoms with van der Waals surface area (Å²) in [6, 6.07) is 6.22. The topological polar surface area (TPSA) is 42.1 Å². The molecule has 2 N–H and O–H groups in total. The van der Waals surface area contributed by atoms with Gasteiger partial charge in [-0.25, -0.2) is 4.98 Å². The van der Waals surface area contributed by atoms with Gasteiger partial charge in [0.1, 0.15) is 0 Å². The van der Waals surface area contributed by atoms with E-state index in [0.29, 0.717) is 5.13 Å². The highest BCUT2D eigenvalue weighted by Crippen LogP contribution is 2.29. The lowest BCUT2D eigenvalue weighted by atomic mass is 10.0. The van der Waals surface area contributed by atoms with Gasteiger partial charge in [0.2, 0.25) is 0 Å². The number of hydrogen-bond acceptors (Lipinski definition) is 4. The van der Waals surface area contributed by atoms with Crippen LogP contribution in [0.15, 0.2) is 48.8 Å². The van der Waals surface area contributed by atoms with Gasteiger partial charge in [-0.05, 0) is 35.4 Å². The first kappa shape index (κ1) is 11.0. The summed E-state index contributed by atoms with van der Waals surface area (Å²) in [5.74, 6) is 0. The van der Waals surface area contributed by atoms with Gasteiger partial charge in [-0.2, -0.15) is 0 Å². The molecule has 0 atom stereocenters. The van der Waals surface area contributed by atoms with Crippen molar-refractivity contribution in [2.75, 3.05) is 12.8 Å². The number of hydrogen-bond donors (Lipinski definition) is 1. The van der Waals surface area contributed by atoms with Gasteiger partial charge in [0, 0.05) is 18.9 Å². The third-order valence-corrected chi connectivity index (χ3v) is 3.86. The minimum Gasteiger partial charge on any atom is -0.375 e. The number of benzene rings is 1. The van der Waals surface area contributed by atoms with Crippen LogP contribution in [0.25, 0.3) is 15.8 Å². The van der Waals surface area contributed by atoms with E-state index >= 15 is 0 Å². The molecule has 1 aliphatic rings. The Bertz CT molecular complexity index is 694. The van der Waals surface area contributed by atoms with Crippen LogP contribution in [0.3, 0.4) is 0 Å². The maximum Gasteiger partial charge on any atom is 0.181 e. The number of nitrogen functional groups attached to an aromatic ring is 1. The normalized spacial score (nSPS) is 15.3. The summed E-state index contributed by atoms with van der Waals surface area (Å²) in [4.78, 5) is 6.30. The highest BCUT2D eigenvalue weighted by molar-refractivity contribution is 7.22. The molecule has 0 amide bonds. The molecule has 3 rings (SSSR count). The zero-order valence-corrected chi connectivity index (χ0v) is 10.9. The average molecular weight is 255 g/mol. The highest BCUT2D eigenvalue weighted by atomic mass is 32.1. The molecule has 2 heterocycles. The Balaban J connectivity index is 2.07. The second-order valence-electron chi connectivity index (χ2n) is 4.25. The lowest BCUT2D eigenvalue weighted by Gasteiger charge is -2.19. The number of rotatable bonds is 1. The molecular weight excluding hydrogens is 242 g/mol. The zero-order valence-electron chi connectivity index (χ0n) is 10.1. The summed E-state index contributed by atoms with van der Waals surface area (Å²) < 4.78 is 1.12. The van der Waals surface area contributed by atoms with Gasteiger partial charge in [-0.3, -0.25) is 0 Å². The zero-order chi connectivity index (χ0) is 12.7. The van der Waals surface area contributed by atoms with Crippen molar-refractivity contribution in [1.29, 1.82) is 0 Å². The standard InChI is InChI=1S/C14H13N3S/c1-9-7-11(5-6-17(9)2)10-3-4-13-12(8-10)16-14(15)18-13/h3-8H,1H2,2H3,(H2,15,16). The molecular formula is C14H13N3S. The van der Waals surface area contributed by atoms with Crippen molar-refractivity contribution in [3.8, 4) is 0 Å². The first-order valence-corrected chi connectivity index (χ1v) is 6.43. The molecule has 0 radical (unpaired) electrons. The smallest absolute Gasteiger partial charge is 0.181 e. The maximum atomic E-state index is 5.72. The number of thiazole rings is 1.